The standard InChI is InChI=1S/C21H24N2O5/c1-4-12-27-17-9-10-19(20(14-17)23(25)26)22-21(24)11-8-16-6-5-7-18(13-16)28-15(2)3/h5-11,13-15H,4,12H2,1-3H3,(H,22,24)/b11-8+. The fourth-order valence-corrected chi connectivity index (χ4v) is 2.39. The Morgan fingerprint density at radius 2 is 2.00 bits per heavy atom. The summed E-state index contributed by atoms with van der Waals surface area (Å²) in [5, 5.41) is 13.8. The van der Waals surface area contributed by atoms with E-state index in [0.29, 0.717) is 18.1 Å². The fourth-order valence-electron chi connectivity index (χ4n) is 2.39. The lowest BCUT2D eigenvalue weighted by Gasteiger charge is -2.09. The molecule has 0 fully saturated rings. The molecule has 2 aromatic carbocycles. The van der Waals surface area contributed by atoms with Crippen molar-refractivity contribution in [2.24, 2.45) is 0 Å². The van der Waals surface area contributed by atoms with Crippen LogP contribution in [0, 0.1) is 10.1 Å². The molecule has 0 unspecified atom stereocenters. The van der Waals surface area contributed by atoms with Crippen LogP contribution in [0.5, 0.6) is 11.5 Å². The highest BCUT2D eigenvalue weighted by atomic mass is 16.6. The van der Waals surface area contributed by atoms with Crippen LogP contribution in [0.3, 0.4) is 0 Å². The predicted octanol–water partition coefficient (Wildman–Crippen LogP) is 4.82. The molecule has 0 heterocycles. The van der Waals surface area contributed by atoms with E-state index in [4.69, 9.17) is 9.47 Å². The molecule has 0 bridgehead atoms. The third-order valence-electron chi connectivity index (χ3n) is 3.55. The van der Waals surface area contributed by atoms with E-state index >= 15 is 0 Å². The van der Waals surface area contributed by atoms with Crippen molar-refractivity contribution in [3.8, 4) is 11.5 Å². The average molecular weight is 384 g/mol. The molecule has 0 spiro atoms. The predicted molar refractivity (Wildman–Crippen MR) is 109 cm³/mol. The van der Waals surface area contributed by atoms with Gasteiger partial charge in [0.1, 0.15) is 17.2 Å². The van der Waals surface area contributed by atoms with E-state index in [1.54, 1.807) is 12.1 Å². The number of nitrogens with one attached hydrogen (secondary N) is 1. The first-order chi connectivity index (χ1) is 13.4. The van der Waals surface area contributed by atoms with E-state index < -0.39 is 10.8 Å². The summed E-state index contributed by atoms with van der Waals surface area (Å²) in [6, 6.07) is 11.7. The monoisotopic (exact) mass is 384 g/mol. The third kappa shape index (κ3) is 6.42. The Kier molecular flexibility index (Phi) is 7.56. The van der Waals surface area contributed by atoms with Gasteiger partial charge in [-0.15, -0.1) is 0 Å². The van der Waals surface area contributed by atoms with E-state index in [1.807, 2.05) is 45.0 Å². The Labute approximate surface area is 164 Å². The summed E-state index contributed by atoms with van der Waals surface area (Å²) in [6.07, 6.45) is 3.78. The van der Waals surface area contributed by atoms with Crippen LogP contribution in [0.15, 0.2) is 48.5 Å². The van der Waals surface area contributed by atoms with Crippen LogP contribution in [0.1, 0.15) is 32.8 Å². The average Bonchev–Trinajstić information content (AvgIpc) is 2.65. The molecule has 28 heavy (non-hydrogen) atoms. The Hall–Kier alpha value is -3.35. The molecular formula is C21H24N2O5. The molecule has 2 aromatic rings. The number of rotatable bonds is 9. The highest BCUT2D eigenvalue weighted by Crippen LogP contribution is 2.29. The van der Waals surface area contributed by atoms with E-state index in [2.05, 4.69) is 5.32 Å². The van der Waals surface area contributed by atoms with Gasteiger partial charge in [0.2, 0.25) is 5.91 Å². The highest BCUT2D eigenvalue weighted by molar-refractivity contribution is 6.03. The van der Waals surface area contributed by atoms with Gasteiger partial charge in [-0.3, -0.25) is 14.9 Å². The van der Waals surface area contributed by atoms with Crippen LogP contribution < -0.4 is 14.8 Å². The van der Waals surface area contributed by atoms with Gasteiger partial charge in [0.15, 0.2) is 0 Å². The van der Waals surface area contributed by atoms with Crippen LogP contribution in [0.2, 0.25) is 0 Å². The second-order valence-electron chi connectivity index (χ2n) is 6.35. The number of benzene rings is 2. The van der Waals surface area contributed by atoms with Gasteiger partial charge in [-0.1, -0.05) is 19.1 Å². The minimum atomic E-state index is -0.551. The normalized spacial score (nSPS) is 10.9. The molecule has 7 nitrogen and oxygen atoms in total. The maximum absolute atomic E-state index is 12.2. The molecule has 1 N–H and O–H groups in total. The number of nitrogens with zero attached hydrogens (tertiary/aromatic N) is 1. The van der Waals surface area contributed by atoms with E-state index in [1.165, 1.54) is 18.2 Å². The number of carbonyl (C=O) groups is 1. The van der Waals surface area contributed by atoms with Crippen molar-refractivity contribution in [1.29, 1.82) is 0 Å². The zero-order valence-electron chi connectivity index (χ0n) is 16.2. The number of nitro groups is 1. The van der Waals surface area contributed by atoms with Crippen molar-refractivity contribution >= 4 is 23.4 Å². The third-order valence-corrected chi connectivity index (χ3v) is 3.55. The minimum absolute atomic E-state index is 0.0485. The van der Waals surface area contributed by atoms with Crippen molar-refractivity contribution in [3.63, 3.8) is 0 Å². The molecule has 0 aliphatic carbocycles. The molecule has 0 saturated heterocycles. The highest BCUT2D eigenvalue weighted by Gasteiger charge is 2.16. The summed E-state index contributed by atoms with van der Waals surface area (Å²) in [5.41, 5.74) is 0.675. The van der Waals surface area contributed by atoms with Gasteiger partial charge >= 0.3 is 0 Å². The molecule has 2 rings (SSSR count). The van der Waals surface area contributed by atoms with Gasteiger partial charge in [-0.25, -0.2) is 0 Å². The second-order valence-corrected chi connectivity index (χ2v) is 6.35. The van der Waals surface area contributed by atoms with E-state index in [9.17, 15) is 14.9 Å². The molecule has 0 radical (unpaired) electrons. The number of hydrogen-bond donors (Lipinski definition) is 1. The molecule has 0 saturated carbocycles. The summed E-state index contributed by atoms with van der Waals surface area (Å²) in [7, 11) is 0. The van der Waals surface area contributed by atoms with Crippen molar-refractivity contribution in [2.75, 3.05) is 11.9 Å². The number of amides is 1. The molecular weight excluding hydrogens is 360 g/mol. The van der Waals surface area contributed by atoms with Gasteiger partial charge in [0.25, 0.3) is 5.69 Å². The Balaban J connectivity index is 2.10. The summed E-state index contributed by atoms with van der Waals surface area (Å²) in [4.78, 5) is 22.9. The maximum Gasteiger partial charge on any atom is 0.296 e. The zero-order valence-corrected chi connectivity index (χ0v) is 16.2. The fraction of sp³-hybridized carbons (Fsp3) is 0.286. The number of hydrogen-bond acceptors (Lipinski definition) is 5. The van der Waals surface area contributed by atoms with Crippen LogP contribution >= 0.6 is 0 Å². The van der Waals surface area contributed by atoms with Crippen LogP contribution in [-0.2, 0) is 4.79 Å². The summed E-state index contributed by atoms with van der Waals surface area (Å²) < 4.78 is 11.0. The SMILES string of the molecule is CCCOc1ccc(NC(=O)/C=C/c2cccc(OC(C)C)c2)c([N+](=O)[O-])c1. The molecule has 148 valence electrons. The quantitative estimate of drug-likeness (QED) is 0.380. The lowest BCUT2D eigenvalue weighted by molar-refractivity contribution is -0.384. The number of ether oxygens (including phenoxy) is 2. The van der Waals surface area contributed by atoms with Crippen LogP contribution in [-0.4, -0.2) is 23.5 Å². The van der Waals surface area contributed by atoms with Gasteiger partial charge < -0.3 is 14.8 Å². The first kappa shape index (κ1) is 21.0. The molecule has 7 heteroatoms. The smallest absolute Gasteiger partial charge is 0.296 e. The van der Waals surface area contributed by atoms with Gasteiger partial charge in [0, 0.05) is 6.08 Å². The van der Waals surface area contributed by atoms with Gasteiger partial charge in [0.05, 0.1) is 23.7 Å². The summed E-state index contributed by atoms with van der Waals surface area (Å²) in [6.45, 7) is 6.27. The molecule has 0 aromatic heterocycles. The Morgan fingerprint density at radius 3 is 2.68 bits per heavy atom. The lowest BCUT2D eigenvalue weighted by Crippen LogP contribution is -2.10. The van der Waals surface area contributed by atoms with Gasteiger partial charge in [-0.05, 0) is 56.2 Å². The lowest BCUT2D eigenvalue weighted by atomic mass is 10.2. The van der Waals surface area contributed by atoms with Crippen molar-refractivity contribution in [2.45, 2.75) is 33.3 Å². The largest absolute Gasteiger partial charge is 0.493 e. The van der Waals surface area contributed by atoms with E-state index in [-0.39, 0.29) is 17.5 Å². The number of nitro benzene ring substituents is 1. The van der Waals surface area contributed by atoms with Gasteiger partial charge in [-0.2, -0.15) is 0 Å². The van der Waals surface area contributed by atoms with Crippen LogP contribution in [0.25, 0.3) is 6.08 Å². The maximum atomic E-state index is 12.2. The molecule has 0 aliphatic heterocycles. The van der Waals surface area contributed by atoms with Crippen molar-refractivity contribution < 1.29 is 19.2 Å². The topological polar surface area (TPSA) is 90.7 Å². The number of carbonyl (C=O) groups excluding carboxylic acids is 1. The first-order valence-electron chi connectivity index (χ1n) is 9.06. The summed E-state index contributed by atoms with van der Waals surface area (Å²) >= 11 is 0. The molecule has 0 atom stereocenters. The van der Waals surface area contributed by atoms with Crippen molar-refractivity contribution in [1.82, 2.24) is 0 Å². The molecule has 1 amide bonds. The van der Waals surface area contributed by atoms with Crippen molar-refractivity contribution in [3.05, 3.63) is 64.2 Å². The second kappa shape index (κ2) is 10.1. The summed E-state index contributed by atoms with van der Waals surface area (Å²) in [5.74, 6) is 0.625. The van der Waals surface area contributed by atoms with E-state index in [0.717, 1.165) is 12.0 Å². The zero-order chi connectivity index (χ0) is 20.5. The number of anilines is 1. The first-order valence-corrected chi connectivity index (χ1v) is 9.06. The Bertz CT molecular complexity index is 862. The Morgan fingerprint density at radius 1 is 1.21 bits per heavy atom. The minimum Gasteiger partial charge on any atom is -0.493 e. The molecule has 0 aliphatic rings. The van der Waals surface area contributed by atoms with Crippen LogP contribution in [0.4, 0.5) is 11.4 Å².